The summed E-state index contributed by atoms with van der Waals surface area (Å²) >= 11 is 7.07. The molecule has 2 heterocycles. The first-order chi connectivity index (χ1) is 12.4. The molecule has 26 heavy (non-hydrogen) atoms. The highest BCUT2D eigenvalue weighted by Gasteiger charge is 2.23. The fourth-order valence-corrected chi connectivity index (χ4v) is 3.46. The summed E-state index contributed by atoms with van der Waals surface area (Å²) in [6.07, 6.45) is 0.374. The van der Waals surface area contributed by atoms with Crippen molar-refractivity contribution in [3.63, 3.8) is 0 Å². The molecule has 3 rings (SSSR count). The molecule has 8 heteroatoms. The van der Waals surface area contributed by atoms with Crippen molar-refractivity contribution in [2.45, 2.75) is 12.5 Å². The zero-order chi connectivity index (χ0) is 18.7. The number of rotatable bonds is 5. The van der Waals surface area contributed by atoms with E-state index >= 15 is 0 Å². The lowest BCUT2D eigenvalue weighted by Crippen LogP contribution is -2.31. The molecule has 136 valence electrons. The van der Waals surface area contributed by atoms with Crippen molar-refractivity contribution < 1.29 is 14.4 Å². The molecule has 6 nitrogen and oxygen atoms in total. The molecule has 0 fully saturated rings. The van der Waals surface area contributed by atoms with Gasteiger partial charge in [0.25, 0.3) is 11.8 Å². The van der Waals surface area contributed by atoms with Crippen molar-refractivity contribution in [1.82, 2.24) is 10.2 Å². The topological polar surface area (TPSA) is 71.0 Å². The highest BCUT2D eigenvalue weighted by Crippen LogP contribution is 2.21. The van der Waals surface area contributed by atoms with Crippen molar-refractivity contribution in [2.75, 3.05) is 20.6 Å². The average Bonchev–Trinajstić information content (AvgIpc) is 3.28. The maximum Gasteiger partial charge on any atom is 0.261 e. The molecular formula is C18H18ClN3O3S. The van der Waals surface area contributed by atoms with Gasteiger partial charge < -0.3 is 15.1 Å². The highest BCUT2D eigenvalue weighted by molar-refractivity contribution is 7.17. The molecule has 1 unspecified atom stereocenters. The number of thiophene rings is 1. The van der Waals surface area contributed by atoms with Gasteiger partial charge in [-0.05, 0) is 29.8 Å². The second-order valence-corrected chi connectivity index (χ2v) is 7.78. The third kappa shape index (κ3) is 4.23. The van der Waals surface area contributed by atoms with Gasteiger partial charge in [0.2, 0.25) is 0 Å². The molecule has 0 radical (unpaired) electrons. The third-order valence-electron chi connectivity index (χ3n) is 3.89. The van der Waals surface area contributed by atoms with Crippen molar-refractivity contribution in [1.29, 1.82) is 0 Å². The van der Waals surface area contributed by atoms with Gasteiger partial charge in [-0.3, -0.25) is 9.59 Å². The van der Waals surface area contributed by atoms with Crippen LogP contribution in [-0.4, -0.2) is 49.2 Å². The zero-order valence-electron chi connectivity index (χ0n) is 14.4. The molecule has 1 aromatic heterocycles. The van der Waals surface area contributed by atoms with Crippen molar-refractivity contribution in [3.05, 3.63) is 56.7 Å². The maximum absolute atomic E-state index is 12.0. The van der Waals surface area contributed by atoms with Crippen LogP contribution >= 0.6 is 22.9 Å². The number of nitrogens with one attached hydrogen (secondary N) is 1. The molecule has 1 aromatic carbocycles. The molecule has 1 N–H and O–H groups in total. The van der Waals surface area contributed by atoms with Crippen LogP contribution in [0.1, 0.15) is 32.0 Å². The van der Waals surface area contributed by atoms with Crippen molar-refractivity contribution in [3.8, 4) is 0 Å². The second-order valence-electron chi connectivity index (χ2n) is 6.06. The van der Waals surface area contributed by atoms with Crippen LogP contribution in [0.4, 0.5) is 0 Å². The first kappa shape index (κ1) is 18.4. The predicted molar refractivity (Wildman–Crippen MR) is 102 cm³/mol. The Bertz CT molecular complexity index is 846. The van der Waals surface area contributed by atoms with E-state index in [1.165, 1.54) is 16.2 Å². The Labute approximate surface area is 160 Å². The fraction of sp³-hybridized carbons (Fsp3) is 0.278. The van der Waals surface area contributed by atoms with Gasteiger partial charge in [-0.25, -0.2) is 0 Å². The minimum absolute atomic E-state index is 0.0459. The van der Waals surface area contributed by atoms with E-state index in [-0.39, 0.29) is 17.9 Å². The number of hydrogen-bond donors (Lipinski definition) is 1. The Hall–Kier alpha value is -2.38. The monoisotopic (exact) mass is 391 g/mol. The van der Waals surface area contributed by atoms with Crippen LogP contribution in [0, 0.1) is 0 Å². The van der Waals surface area contributed by atoms with E-state index in [1.54, 1.807) is 38.4 Å². The molecule has 2 aromatic rings. The highest BCUT2D eigenvalue weighted by atomic mass is 35.5. The van der Waals surface area contributed by atoms with Gasteiger partial charge in [0, 0.05) is 26.1 Å². The smallest absolute Gasteiger partial charge is 0.261 e. The van der Waals surface area contributed by atoms with Gasteiger partial charge in [-0.15, -0.1) is 11.3 Å². The number of benzene rings is 1. The summed E-state index contributed by atoms with van der Waals surface area (Å²) in [5, 5.41) is 6.93. The third-order valence-corrected chi connectivity index (χ3v) is 5.12. The van der Waals surface area contributed by atoms with Crippen LogP contribution in [0.3, 0.4) is 0 Å². The van der Waals surface area contributed by atoms with Gasteiger partial charge in [0.15, 0.2) is 0 Å². The Morgan fingerprint density at radius 1 is 1.27 bits per heavy atom. The van der Waals surface area contributed by atoms with Crippen LogP contribution in [0.2, 0.25) is 4.34 Å². The molecule has 0 bridgehead atoms. The lowest BCUT2D eigenvalue weighted by molar-refractivity contribution is 0.0755. The fourth-order valence-electron chi connectivity index (χ4n) is 2.50. The van der Waals surface area contributed by atoms with Crippen LogP contribution in [0.15, 0.2) is 41.6 Å². The van der Waals surface area contributed by atoms with Gasteiger partial charge in [-0.2, -0.15) is 0 Å². The van der Waals surface area contributed by atoms with Gasteiger partial charge >= 0.3 is 0 Å². The summed E-state index contributed by atoms with van der Waals surface area (Å²) in [6, 6.07) is 10.6. The SMILES string of the molecule is CN(C)C(=O)c1ccc(C2=NOC(CNC(=O)c3ccc(Cl)s3)C2)cc1. The molecule has 0 aliphatic carbocycles. The number of hydrogen-bond acceptors (Lipinski definition) is 5. The number of carbonyl (C=O) groups is 2. The first-order valence-corrected chi connectivity index (χ1v) is 9.22. The molecule has 0 spiro atoms. The standard InChI is InChI=1S/C18H18ClN3O3S/c1-22(2)18(24)12-5-3-11(4-6-12)14-9-13(25-21-14)10-20-17(23)15-7-8-16(19)26-15/h3-8,13H,9-10H2,1-2H3,(H,20,23). The summed E-state index contributed by atoms with van der Waals surface area (Å²) in [5.41, 5.74) is 2.32. The van der Waals surface area contributed by atoms with E-state index in [1.807, 2.05) is 12.1 Å². The first-order valence-electron chi connectivity index (χ1n) is 8.02. The number of nitrogens with zero attached hydrogens (tertiary/aromatic N) is 2. The summed E-state index contributed by atoms with van der Waals surface area (Å²) < 4.78 is 0.578. The minimum Gasteiger partial charge on any atom is -0.390 e. The van der Waals surface area contributed by atoms with E-state index in [2.05, 4.69) is 10.5 Å². The molecule has 1 aliphatic rings. The quantitative estimate of drug-likeness (QED) is 0.851. The van der Waals surface area contributed by atoms with Crippen LogP contribution in [-0.2, 0) is 4.84 Å². The number of amides is 2. The van der Waals surface area contributed by atoms with Crippen molar-refractivity contribution >= 4 is 40.5 Å². The van der Waals surface area contributed by atoms with E-state index in [9.17, 15) is 9.59 Å². The molecular weight excluding hydrogens is 374 g/mol. The maximum atomic E-state index is 12.0. The Kier molecular flexibility index (Phi) is 5.58. The number of carbonyl (C=O) groups excluding carboxylic acids is 2. The predicted octanol–water partition coefficient (Wildman–Crippen LogP) is 3.03. The normalized spacial score (nSPS) is 16.0. The van der Waals surface area contributed by atoms with E-state index in [0.29, 0.717) is 27.7 Å². The van der Waals surface area contributed by atoms with Gasteiger partial charge in [0.1, 0.15) is 6.10 Å². The Morgan fingerprint density at radius 3 is 2.62 bits per heavy atom. The number of halogens is 1. The van der Waals surface area contributed by atoms with E-state index in [4.69, 9.17) is 16.4 Å². The van der Waals surface area contributed by atoms with Gasteiger partial charge in [0.05, 0.1) is 21.5 Å². The summed E-state index contributed by atoms with van der Waals surface area (Å²) in [6.45, 7) is 0.360. The average molecular weight is 392 g/mol. The molecule has 2 amide bonds. The van der Waals surface area contributed by atoms with Gasteiger partial charge in [-0.1, -0.05) is 28.9 Å². The summed E-state index contributed by atoms with van der Waals surface area (Å²) in [7, 11) is 3.43. The summed E-state index contributed by atoms with van der Waals surface area (Å²) in [4.78, 5) is 31.5. The van der Waals surface area contributed by atoms with Crippen molar-refractivity contribution in [2.24, 2.45) is 5.16 Å². The second kappa shape index (κ2) is 7.88. The largest absolute Gasteiger partial charge is 0.390 e. The van der Waals surface area contributed by atoms with Crippen LogP contribution < -0.4 is 5.32 Å². The summed E-state index contributed by atoms with van der Waals surface area (Å²) in [5.74, 6) is -0.221. The molecule has 1 aliphatic heterocycles. The zero-order valence-corrected chi connectivity index (χ0v) is 15.9. The van der Waals surface area contributed by atoms with E-state index in [0.717, 1.165) is 11.3 Å². The molecule has 1 atom stereocenters. The van der Waals surface area contributed by atoms with E-state index < -0.39 is 0 Å². The Balaban J connectivity index is 1.53. The Morgan fingerprint density at radius 2 is 2.00 bits per heavy atom. The lowest BCUT2D eigenvalue weighted by atomic mass is 10.0. The van der Waals surface area contributed by atoms with Crippen LogP contribution in [0.5, 0.6) is 0 Å². The lowest BCUT2D eigenvalue weighted by Gasteiger charge is -2.10. The molecule has 0 saturated heterocycles. The minimum atomic E-state index is -0.215. The van der Waals surface area contributed by atoms with Crippen LogP contribution in [0.25, 0.3) is 0 Å². The molecule has 0 saturated carbocycles. The number of oxime groups is 1.